The Morgan fingerprint density at radius 1 is 1.33 bits per heavy atom. The molecule has 1 aromatic carbocycles. The van der Waals surface area contributed by atoms with Gasteiger partial charge < -0.3 is 10.4 Å². The van der Waals surface area contributed by atoms with E-state index in [1.807, 2.05) is 0 Å². The van der Waals surface area contributed by atoms with Gasteiger partial charge in [-0.3, -0.25) is 4.40 Å². The molecule has 6 heteroatoms. The van der Waals surface area contributed by atoms with E-state index in [2.05, 4.69) is 10.3 Å². The second-order valence-electron chi connectivity index (χ2n) is 4.63. The molecule has 3 rings (SSSR count). The van der Waals surface area contributed by atoms with Crippen molar-refractivity contribution in [2.45, 2.75) is 6.92 Å². The second kappa shape index (κ2) is 4.90. The van der Waals surface area contributed by atoms with Crippen molar-refractivity contribution in [2.24, 2.45) is 0 Å². The van der Waals surface area contributed by atoms with E-state index in [-0.39, 0.29) is 17.3 Å². The Balaban J connectivity index is 2.12. The van der Waals surface area contributed by atoms with Crippen LogP contribution in [0.1, 0.15) is 16.1 Å². The molecule has 0 aliphatic carbocycles. The Hall–Kier alpha value is -2.89. The van der Waals surface area contributed by atoms with Crippen LogP contribution >= 0.6 is 0 Å². The number of rotatable bonds is 3. The number of imidazole rings is 1. The summed E-state index contributed by atoms with van der Waals surface area (Å²) in [6, 6.07) is 9.47. The number of carboxylic acid groups (broad SMARTS) is 1. The summed E-state index contributed by atoms with van der Waals surface area (Å²) in [7, 11) is 0. The topological polar surface area (TPSA) is 66.6 Å². The van der Waals surface area contributed by atoms with E-state index in [0.717, 1.165) is 0 Å². The number of anilines is 2. The van der Waals surface area contributed by atoms with Gasteiger partial charge in [-0.25, -0.2) is 14.2 Å². The first-order valence-electron chi connectivity index (χ1n) is 6.30. The molecule has 3 aromatic rings. The third-order valence-electron chi connectivity index (χ3n) is 3.17. The minimum atomic E-state index is -1.09. The standard InChI is InChI=1S/C15H12FN3O2/c1-9-8-10(16)5-6-11(9)17-14-13(15(20)21)19-7-3-2-4-12(19)18-14/h2-8,17H,1H3,(H,20,21). The highest BCUT2D eigenvalue weighted by Crippen LogP contribution is 2.24. The van der Waals surface area contributed by atoms with Crippen molar-refractivity contribution < 1.29 is 14.3 Å². The van der Waals surface area contributed by atoms with Gasteiger partial charge in [0.05, 0.1) is 0 Å². The number of benzene rings is 1. The number of carbonyl (C=O) groups is 1. The molecule has 2 aromatic heterocycles. The van der Waals surface area contributed by atoms with Crippen LogP contribution in [0.5, 0.6) is 0 Å². The summed E-state index contributed by atoms with van der Waals surface area (Å²) in [4.78, 5) is 15.7. The molecule has 0 aliphatic rings. The summed E-state index contributed by atoms with van der Waals surface area (Å²) in [5, 5.41) is 12.3. The molecule has 0 atom stereocenters. The number of aromatic nitrogens is 2. The van der Waals surface area contributed by atoms with Gasteiger partial charge in [0, 0.05) is 11.9 Å². The number of aryl methyl sites for hydroxylation is 1. The SMILES string of the molecule is Cc1cc(F)ccc1Nc1nc2ccccn2c1C(=O)O. The highest BCUT2D eigenvalue weighted by molar-refractivity contribution is 5.94. The quantitative estimate of drug-likeness (QED) is 0.775. The largest absolute Gasteiger partial charge is 0.476 e. The Bertz CT molecular complexity index is 842. The predicted molar refractivity (Wildman–Crippen MR) is 76.6 cm³/mol. The van der Waals surface area contributed by atoms with Crippen molar-refractivity contribution in [3.63, 3.8) is 0 Å². The molecule has 2 heterocycles. The van der Waals surface area contributed by atoms with E-state index in [9.17, 15) is 14.3 Å². The van der Waals surface area contributed by atoms with E-state index in [1.165, 1.54) is 16.5 Å². The Kier molecular flexibility index (Phi) is 3.06. The molecule has 0 unspecified atom stereocenters. The van der Waals surface area contributed by atoms with Crippen LogP contribution in [0.3, 0.4) is 0 Å². The predicted octanol–water partition coefficient (Wildman–Crippen LogP) is 3.22. The van der Waals surface area contributed by atoms with Crippen molar-refractivity contribution in [3.8, 4) is 0 Å². The van der Waals surface area contributed by atoms with Gasteiger partial charge in [0.1, 0.15) is 11.5 Å². The zero-order valence-electron chi connectivity index (χ0n) is 11.2. The van der Waals surface area contributed by atoms with E-state index in [0.29, 0.717) is 16.9 Å². The number of pyridine rings is 1. The molecule has 0 spiro atoms. The van der Waals surface area contributed by atoms with Crippen LogP contribution in [0.4, 0.5) is 15.9 Å². The van der Waals surface area contributed by atoms with Crippen molar-refractivity contribution in [1.82, 2.24) is 9.38 Å². The van der Waals surface area contributed by atoms with Gasteiger partial charge in [0.25, 0.3) is 0 Å². The van der Waals surface area contributed by atoms with Gasteiger partial charge >= 0.3 is 5.97 Å². The van der Waals surface area contributed by atoms with Gasteiger partial charge in [-0.1, -0.05) is 6.07 Å². The average molecular weight is 285 g/mol. The maximum Gasteiger partial charge on any atom is 0.356 e. The first-order valence-corrected chi connectivity index (χ1v) is 6.30. The van der Waals surface area contributed by atoms with Crippen LogP contribution in [0.15, 0.2) is 42.6 Å². The number of hydrogen-bond acceptors (Lipinski definition) is 3. The Morgan fingerprint density at radius 2 is 2.14 bits per heavy atom. The van der Waals surface area contributed by atoms with Gasteiger partial charge in [0.15, 0.2) is 11.5 Å². The van der Waals surface area contributed by atoms with Crippen LogP contribution in [-0.2, 0) is 0 Å². The lowest BCUT2D eigenvalue weighted by Crippen LogP contribution is -2.05. The summed E-state index contributed by atoms with van der Waals surface area (Å²) in [6.07, 6.45) is 1.63. The van der Waals surface area contributed by atoms with Crippen LogP contribution in [0.25, 0.3) is 5.65 Å². The number of hydrogen-bond donors (Lipinski definition) is 2. The zero-order valence-corrected chi connectivity index (χ0v) is 11.2. The highest BCUT2D eigenvalue weighted by atomic mass is 19.1. The molecule has 2 N–H and O–H groups in total. The summed E-state index contributed by atoms with van der Waals surface area (Å²) in [5.74, 6) is -1.20. The molecular weight excluding hydrogens is 273 g/mol. The van der Waals surface area contributed by atoms with Gasteiger partial charge in [-0.2, -0.15) is 0 Å². The monoisotopic (exact) mass is 285 g/mol. The maximum absolute atomic E-state index is 13.1. The zero-order chi connectivity index (χ0) is 15.0. The number of nitrogens with one attached hydrogen (secondary N) is 1. The fourth-order valence-electron chi connectivity index (χ4n) is 2.18. The van der Waals surface area contributed by atoms with E-state index in [4.69, 9.17) is 0 Å². The van der Waals surface area contributed by atoms with Gasteiger partial charge in [-0.05, 0) is 42.8 Å². The van der Waals surface area contributed by atoms with Gasteiger partial charge in [0.2, 0.25) is 0 Å². The van der Waals surface area contributed by atoms with E-state index in [1.54, 1.807) is 37.4 Å². The number of fused-ring (bicyclic) bond motifs is 1. The van der Waals surface area contributed by atoms with Crippen molar-refractivity contribution in [1.29, 1.82) is 0 Å². The number of carboxylic acids is 1. The lowest BCUT2D eigenvalue weighted by Gasteiger charge is -2.08. The molecule has 0 aliphatic heterocycles. The normalized spacial score (nSPS) is 10.8. The lowest BCUT2D eigenvalue weighted by molar-refractivity contribution is 0.0690. The van der Waals surface area contributed by atoms with E-state index >= 15 is 0 Å². The Morgan fingerprint density at radius 3 is 2.86 bits per heavy atom. The minimum Gasteiger partial charge on any atom is -0.476 e. The first kappa shape index (κ1) is 13.1. The van der Waals surface area contributed by atoms with Gasteiger partial charge in [-0.15, -0.1) is 0 Å². The van der Waals surface area contributed by atoms with Crippen molar-refractivity contribution in [2.75, 3.05) is 5.32 Å². The second-order valence-corrected chi connectivity index (χ2v) is 4.63. The maximum atomic E-state index is 13.1. The van der Waals surface area contributed by atoms with Crippen molar-refractivity contribution >= 4 is 23.1 Å². The van der Waals surface area contributed by atoms with Crippen LogP contribution in [0.2, 0.25) is 0 Å². The third-order valence-corrected chi connectivity index (χ3v) is 3.17. The molecule has 0 bridgehead atoms. The average Bonchev–Trinajstić information content (AvgIpc) is 2.80. The summed E-state index contributed by atoms with van der Waals surface area (Å²) >= 11 is 0. The molecule has 0 fully saturated rings. The lowest BCUT2D eigenvalue weighted by atomic mass is 10.2. The molecular formula is C15H12FN3O2. The molecule has 0 amide bonds. The molecule has 0 saturated carbocycles. The van der Waals surface area contributed by atoms with Crippen molar-refractivity contribution in [3.05, 3.63) is 59.7 Å². The molecule has 0 radical (unpaired) electrons. The summed E-state index contributed by atoms with van der Waals surface area (Å²) in [5.41, 5.74) is 1.84. The number of nitrogens with zero attached hydrogens (tertiary/aromatic N) is 2. The molecule has 106 valence electrons. The fraction of sp³-hybridized carbons (Fsp3) is 0.0667. The highest BCUT2D eigenvalue weighted by Gasteiger charge is 2.18. The van der Waals surface area contributed by atoms with Crippen LogP contribution in [0, 0.1) is 12.7 Å². The first-order chi connectivity index (χ1) is 10.1. The Labute approximate surface area is 119 Å². The van der Waals surface area contributed by atoms with E-state index < -0.39 is 5.97 Å². The number of aromatic carboxylic acids is 1. The fourth-order valence-corrected chi connectivity index (χ4v) is 2.18. The smallest absolute Gasteiger partial charge is 0.356 e. The minimum absolute atomic E-state index is 0.0364. The molecule has 0 saturated heterocycles. The van der Waals surface area contributed by atoms with Crippen LogP contribution < -0.4 is 5.32 Å². The summed E-state index contributed by atoms with van der Waals surface area (Å²) < 4.78 is 14.6. The third kappa shape index (κ3) is 2.31. The number of halogens is 1. The molecule has 5 nitrogen and oxygen atoms in total. The van der Waals surface area contributed by atoms with Crippen LogP contribution in [-0.4, -0.2) is 20.5 Å². The molecule has 21 heavy (non-hydrogen) atoms. The summed E-state index contributed by atoms with van der Waals surface area (Å²) in [6.45, 7) is 1.74.